The minimum Gasteiger partial charge on any atom is -0.435 e. The van der Waals surface area contributed by atoms with Gasteiger partial charge in [0.1, 0.15) is 5.75 Å². The molecule has 10 heteroatoms. The monoisotopic (exact) mass is 492 g/mol. The van der Waals surface area contributed by atoms with Crippen LogP contribution in [0.1, 0.15) is 15.9 Å². The van der Waals surface area contributed by atoms with Gasteiger partial charge in [0.2, 0.25) is 5.78 Å². The Morgan fingerprint density at radius 3 is 2.43 bits per heavy atom. The van der Waals surface area contributed by atoms with E-state index in [4.69, 9.17) is 0 Å². The van der Waals surface area contributed by atoms with Gasteiger partial charge in [-0.1, -0.05) is 41.6 Å². The van der Waals surface area contributed by atoms with Crippen LogP contribution in [-0.2, 0) is 0 Å². The maximum atomic E-state index is 13.3. The van der Waals surface area contributed by atoms with Crippen LogP contribution in [0.5, 0.6) is 5.75 Å². The van der Waals surface area contributed by atoms with E-state index < -0.39 is 6.61 Å². The number of hydrogen-bond donors (Lipinski definition) is 0. The second kappa shape index (κ2) is 9.30. The highest BCUT2D eigenvalue weighted by Gasteiger charge is 2.19. The minimum atomic E-state index is -2.93. The minimum absolute atomic E-state index is 0.0202. The van der Waals surface area contributed by atoms with Gasteiger partial charge in [-0.2, -0.15) is 8.78 Å². The molecule has 7 nitrogen and oxygen atoms in total. The fourth-order valence-electron chi connectivity index (χ4n) is 3.73. The molecule has 0 saturated carbocycles. The third kappa shape index (κ3) is 4.40. The summed E-state index contributed by atoms with van der Waals surface area (Å²) in [6.07, 6.45) is 0. The molecule has 0 spiro atoms. The number of alkyl halides is 2. The van der Waals surface area contributed by atoms with Crippen LogP contribution in [0.15, 0.2) is 82.7 Å². The molecule has 35 heavy (non-hydrogen) atoms. The van der Waals surface area contributed by atoms with Crippen molar-refractivity contribution in [1.29, 1.82) is 0 Å². The first-order valence-electron chi connectivity index (χ1n) is 10.6. The van der Waals surface area contributed by atoms with Gasteiger partial charge < -0.3 is 4.74 Å². The Kier molecular flexibility index (Phi) is 6.04. The molecule has 2 heterocycles. The number of aromatic nitrogens is 4. The van der Waals surface area contributed by atoms with Crippen molar-refractivity contribution in [3.63, 3.8) is 0 Å². The average Bonchev–Trinajstić information content (AvgIpc) is 3.27. The number of carbonyl (C=O) groups is 1. The highest BCUT2D eigenvalue weighted by atomic mass is 32.2. The van der Waals surface area contributed by atoms with Crippen LogP contribution < -0.4 is 10.3 Å². The Hall–Kier alpha value is -4.05. The third-order valence-electron chi connectivity index (χ3n) is 5.42. The topological polar surface area (TPSA) is 78.5 Å². The summed E-state index contributed by atoms with van der Waals surface area (Å²) in [7, 11) is 0. The molecule has 0 aliphatic rings. The Labute approximate surface area is 202 Å². The fraction of sp³-hybridized carbons (Fsp3) is 0.120. The van der Waals surface area contributed by atoms with E-state index in [0.717, 1.165) is 5.56 Å². The lowest BCUT2D eigenvalue weighted by atomic mass is 10.1. The van der Waals surface area contributed by atoms with Crippen LogP contribution in [0.3, 0.4) is 0 Å². The molecule has 0 aliphatic carbocycles. The summed E-state index contributed by atoms with van der Waals surface area (Å²) in [4.78, 5) is 26.1. The zero-order valence-electron chi connectivity index (χ0n) is 18.4. The molecule has 0 unspecified atom stereocenters. The highest BCUT2D eigenvalue weighted by Crippen LogP contribution is 2.24. The van der Waals surface area contributed by atoms with Crippen molar-refractivity contribution in [1.82, 2.24) is 19.2 Å². The fourth-order valence-corrected chi connectivity index (χ4v) is 4.57. The number of halogens is 2. The Balaban J connectivity index is 1.51. The number of fused-ring (bicyclic) bond motifs is 3. The zero-order valence-corrected chi connectivity index (χ0v) is 19.2. The molecule has 0 N–H and O–H groups in total. The van der Waals surface area contributed by atoms with Crippen LogP contribution in [-0.4, -0.2) is 37.3 Å². The molecule has 5 aromatic rings. The number of rotatable bonds is 7. The van der Waals surface area contributed by atoms with Gasteiger partial charge in [0, 0.05) is 5.56 Å². The van der Waals surface area contributed by atoms with Crippen molar-refractivity contribution in [3.05, 3.63) is 94.3 Å². The molecule has 176 valence electrons. The lowest BCUT2D eigenvalue weighted by Gasteiger charge is -2.11. The number of benzene rings is 3. The van der Waals surface area contributed by atoms with Gasteiger partial charge in [0.05, 0.1) is 22.3 Å². The van der Waals surface area contributed by atoms with E-state index in [0.29, 0.717) is 33.1 Å². The predicted octanol–water partition coefficient (Wildman–Crippen LogP) is 4.92. The number of thioether (sulfide) groups is 1. The Morgan fingerprint density at radius 2 is 1.71 bits per heavy atom. The first kappa shape index (κ1) is 22.7. The first-order chi connectivity index (χ1) is 16.9. The van der Waals surface area contributed by atoms with E-state index in [2.05, 4.69) is 14.9 Å². The van der Waals surface area contributed by atoms with Gasteiger partial charge in [-0.3, -0.25) is 14.0 Å². The smallest absolute Gasteiger partial charge is 0.387 e. The summed E-state index contributed by atoms with van der Waals surface area (Å²) < 4.78 is 32.3. The second-order valence-corrected chi connectivity index (χ2v) is 8.67. The lowest BCUT2D eigenvalue weighted by Crippen LogP contribution is -2.21. The summed E-state index contributed by atoms with van der Waals surface area (Å²) in [5.74, 6) is 0.133. The lowest BCUT2D eigenvalue weighted by molar-refractivity contribution is -0.0498. The number of nitrogens with zero attached hydrogens (tertiary/aromatic N) is 4. The maximum Gasteiger partial charge on any atom is 0.387 e. The van der Waals surface area contributed by atoms with Crippen molar-refractivity contribution >= 4 is 34.2 Å². The van der Waals surface area contributed by atoms with Gasteiger partial charge >= 0.3 is 6.61 Å². The van der Waals surface area contributed by atoms with Gasteiger partial charge in [0.15, 0.2) is 10.9 Å². The molecule has 0 fully saturated rings. The summed E-state index contributed by atoms with van der Waals surface area (Å²) in [6.45, 7) is -0.967. The van der Waals surface area contributed by atoms with E-state index in [1.807, 2.05) is 37.3 Å². The molecule has 0 radical (unpaired) electrons. The number of Topliss-reactive ketones (excluding diaryl/α,β-unsaturated/α-hetero) is 1. The van der Waals surface area contributed by atoms with Gasteiger partial charge in [-0.15, -0.1) is 10.2 Å². The van der Waals surface area contributed by atoms with E-state index in [9.17, 15) is 18.4 Å². The van der Waals surface area contributed by atoms with Crippen molar-refractivity contribution < 1.29 is 18.3 Å². The number of ketones is 1. The zero-order chi connectivity index (χ0) is 24.5. The van der Waals surface area contributed by atoms with Gasteiger partial charge in [-0.05, 0) is 55.5 Å². The third-order valence-corrected chi connectivity index (χ3v) is 6.35. The SMILES string of the molecule is Cc1ccc(-n2c(=O)c3ccccc3n3c(SCC(=O)c4ccc(OC(F)F)cc4)nnc23)cc1. The number of para-hydroxylation sites is 1. The molecule has 0 bridgehead atoms. The molecule has 2 aromatic heterocycles. The molecule has 0 saturated heterocycles. The molecule has 5 rings (SSSR count). The van der Waals surface area contributed by atoms with Crippen LogP contribution in [0.25, 0.3) is 22.4 Å². The normalized spacial score (nSPS) is 11.4. The molecular formula is C25H18F2N4O3S. The first-order valence-corrected chi connectivity index (χ1v) is 11.6. The summed E-state index contributed by atoms with van der Waals surface area (Å²) in [5, 5.41) is 9.47. The molecular weight excluding hydrogens is 474 g/mol. The Bertz CT molecular complexity index is 1600. The van der Waals surface area contributed by atoms with Gasteiger partial charge in [-0.25, -0.2) is 4.57 Å². The van der Waals surface area contributed by atoms with Gasteiger partial charge in [0.25, 0.3) is 5.56 Å². The molecule has 3 aromatic carbocycles. The molecule has 0 atom stereocenters. The quantitative estimate of drug-likeness (QED) is 0.237. The largest absolute Gasteiger partial charge is 0.435 e. The van der Waals surface area contributed by atoms with E-state index >= 15 is 0 Å². The predicted molar refractivity (Wildman–Crippen MR) is 129 cm³/mol. The van der Waals surface area contributed by atoms with Crippen LogP contribution >= 0.6 is 11.8 Å². The van der Waals surface area contributed by atoms with E-state index in [1.165, 1.54) is 40.6 Å². The molecule has 0 aliphatic heterocycles. The second-order valence-electron chi connectivity index (χ2n) is 7.73. The Morgan fingerprint density at radius 1 is 1.00 bits per heavy atom. The summed E-state index contributed by atoms with van der Waals surface area (Å²) in [6, 6.07) is 20.2. The van der Waals surface area contributed by atoms with Crippen molar-refractivity contribution in [3.8, 4) is 11.4 Å². The van der Waals surface area contributed by atoms with E-state index in [1.54, 1.807) is 22.6 Å². The van der Waals surface area contributed by atoms with Crippen molar-refractivity contribution in [2.24, 2.45) is 0 Å². The van der Waals surface area contributed by atoms with Crippen molar-refractivity contribution in [2.75, 3.05) is 5.75 Å². The summed E-state index contributed by atoms with van der Waals surface area (Å²) >= 11 is 1.17. The summed E-state index contributed by atoms with van der Waals surface area (Å²) in [5.41, 5.74) is 2.48. The molecule has 0 amide bonds. The number of aryl methyl sites for hydroxylation is 1. The van der Waals surface area contributed by atoms with Crippen molar-refractivity contribution in [2.45, 2.75) is 18.7 Å². The number of carbonyl (C=O) groups excluding carboxylic acids is 1. The average molecular weight is 493 g/mol. The highest BCUT2D eigenvalue weighted by molar-refractivity contribution is 7.99. The maximum absolute atomic E-state index is 13.3. The van der Waals surface area contributed by atoms with E-state index in [-0.39, 0.29) is 22.8 Å². The number of ether oxygens (including phenoxy) is 1. The standard InChI is InChI=1S/C25H18F2N4O3S/c1-15-6-10-17(11-7-15)30-22(33)19-4-2-3-5-20(19)31-24(30)28-29-25(31)35-14-21(32)16-8-12-18(13-9-16)34-23(26)27/h2-13,23H,14H2,1H3. The van der Waals surface area contributed by atoms with Crippen LogP contribution in [0.2, 0.25) is 0 Å². The van der Waals surface area contributed by atoms with Crippen LogP contribution in [0.4, 0.5) is 8.78 Å². The number of hydrogen-bond acceptors (Lipinski definition) is 6. The van der Waals surface area contributed by atoms with Crippen LogP contribution in [0, 0.1) is 6.92 Å².